The number of hydrogen-bond acceptors (Lipinski definition) is 3. The Morgan fingerprint density at radius 2 is 2.31 bits per heavy atom. The molecule has 1 rings (SSSR count). The molecular formula is C9H12N2O2. The molecule has 0 saturated carbocycles. The summed E-state index contributed by atoms with van der Waals surface area (Å²) < 4.78 is 0. The lowest BCUT2D eigenvalue weighted by Crippen LogP contribution is -2.08. The number of benzene rings is 1. The highest BCUT2D eigenvalue weighted by atomic mass is 16.4. The van der Waals surface area contributed by atoms with Crippen LogP contribution in [0.1, 0.15) is 15.9 Å². The van der Waals surface area contributed by atoms with Gasteiger partial charge in [-0.2, -0.15) is 0 Å². The van der Waals surface area contributed by atoms with E-state index in [2.05, 4.69) is 5.32 Å². The molecule has 0 aromatic heterocycles. The summed E-state index contributed by atoms with van der Waals surface area (Å²) in [5.41, 5.74) is 7.28. The summed E-state index contributed by atoms with van der Waals surface area (Å²) in [7, 11) is 1.81. The number of rotatable bonds is 3. The first-order valence-corrected chi connectivity index (χ1v) is 3.91. The molecule has 0 atom stereocenters. The lowest BCUT2D eigenvalue weighted by Gasteiger charge is -2.05. The van der Waals surface area contributed by atoms with E-state index in [-0.39, 0.29) is 5.56 Å². The van der Waals surface area contributed by atoms with Crippen LogP contribution in [-0.2, 0) is 6.54 Å². The molecule has 0 spiro atoms. The minimum atomic E-state index is -0.956. The maximum absolute atomic E-state index is 10.6. The van der Waals surface area contributed by atoms with E-state index in [1.165, 1.54) is 6.07 Å². The van der Waals surface area contributed by atoms with Crippen LogP contribution in [0, 0.1) is 0 Å². The van der Waals surface area contributed by atoms with Crippen LogP contribution in [0.5, 0.6) is 0 Å². The van der Waals surface area contributed by atoms with Crippen molar-refractivity contribution >= 4 is 11.7 Å². The minimum Gasteiger partial charge on any atom is -0.478 e. The molecule has 4 N–H and O–H groups in total. The first-order chi connectivity index (χ1) is 6.15. The van der Waals surface area contributed by atoms with E-state index in [1.54, 1.807) is 12.1 Å². The fourth-order valence-electron chi connectivity index (χ4n) is 1.08. The topological polar surface area (TPSA) is 75.3 Å². The molecule has 1 aromatic rings. The zero-order valence-corrected chi connectivity index (χ0v) is 7.37. The highest BCUT2D eigenvalue weighted by molar-refractivity contribution is 5.88. The quantitative estimate of drug-likeness (QED) is 0.598. The Morgan fingerprint density at radius 1 is 1.62 bits per heavy atom. The van der Waals surface area contributed by atoms with Gasteiger partial charge in [0, 0.05) is 12.2 Å². The number of carboxylic acid groups (broad SMARTS) is 1. The summed E-state index contributed by atoms with van der Waals surface area (Å²) in [6.45, 7) is 0.645. The largest absolute Gasteiger partial charge is 0.478 e. The first kappa shape index (κ1) is 9.54. The highest BCUT2D eigenvalue weighted by Crippen LogP contribution is 2.13. The van der Waals surface area contributed by atoms with E-state index < -0.39 is 5.97 Å². The van der Waals surface area contributed by atoms with E-state index in [1.807, 2.05) is 7.05 Å². The molecule has 0 amide bonds. The second kappa shape index (κ2) is 3.91. The van der Waals surface area contributed by atoms with Crippen molar-refractivity contribution in [2.75, 3.05) is 12.8 Å². The molecule has 0 aliphatic carbocycles. The summed E-state index contributed by atoms with van der Waals surface area (Å²) in [6, 6.07) is 4.73. The molecular weight excluding hydrogens is 168 g/mol. The Kier molecular flexibility index (Phi) is 2.87. The van der Waals surface area contributed by atoms with Crippen LogP contribution in [0.25, 0.3) is 0 Å². The molecule has 0 bridgehead atoms. The third-order valence-electron chi connectivity index (χ3n) is 1.76. The third-order valence-corrected chi connectivity index (χ3v) is 1.76. The van der Waals surface area contributed by atoms with Gasteiger partial charge in [-0.05, 0) is 24.7 Å². The number of carboxylic acids is 1. The SMILES string of the molecule is CNCc1ccc(C(=O)O)cc1N. The average Bonchev–Trinajstić information content (AvgIpc) is 2.08. The van der Waals surface area contributed by atoms with Gasteiger partial charge in [0.05, 0.1) is 5.56 Å². The van der Waals surface area contributed by atoms with Crippen molar-refractivity contribution in [3.63, 3.8) is 0 Å². The first-order valence-electron chi connectivity index (χ1n) is 3.91. The number of nitrogens with two attached hydrogens (primary N) is 1. The molecule has 4 nitrogen and oxygen atoms in total. The van der Waals surface area contributed by atoms with Crippen molar-refractivity contribution in [3.05, 3.63) is 29.3 Å². The van der Waals surface area contributed by atoms with Crippen molar-refractivity contribution in [2.45, 2.75) is 6.54 Å². The molecule has 0 saturated heterocycles. The van der Waals surface area contributed by atoms with E-state index in [9.17, 15) is 4.79 Å². The van der Waals surface area contributed by atoms with Gasteiger partial charge in [-0.3, -0.25) is 0 Å². The van der Waals surface area contributed by atoms with Gasteiger partial charge >= 0.3 is 5.97 Å². The van der Waals surface area contributed by atoms with Crippen LogP contribution in [-0.4, -0.2) is 18.1 Å². The number of hydrogen-bond donors (Lipinski definition) is 3. The molecule has 0 heterocycles. The van der Waals surface area contributed by atoms with Gasteiger partial charge in [-0.15, -0.1) is 0 Å². The summed E-state index contributed by atoms with van der Waals surface area (Å²) in [5, 5.41) is 11.6. The zero-order valence-electron chi connectivity index (χ0n) is 7.37. The predicted octanol–water partition coefficient (Wildman–Crippen LogP) is 0.686. The van der Waals surface area contributed by atoms with Gasteiger partial charge in [0.1, 0.15) is 0 Å². The van der Waals surface area contributed by atoms with Crippen LogP contribution in [0.2, 0.25) is 0 Å². The molecule has 0 unspecified atom stereocenters. The zero-order chi connectivity index (χ0) is 9.84. The second-order valence-corrected chi connectivity index (χ2v) is 2.75. The Morgan fingerprint density at radius 3 is 2.77 bits per heavy atom. The molecule has 0 aliphatic heterocycles. The maximum atomic E-state index is 10.6. The standard InChI is InChI=1S/C9H12N2O2/c1-11-5-7-3-2-6(9(12)13)4-8(7)10/h2-4,11H,5,10H2,1H3,(H,12,13). The summed E-state index contributed by atoms with van der Waals surface area (Å²) >= 11 is 0. The lowest BCUT2D eigenvalue weighted by molar-refractivity contribution is 0.0697. The lowest BCUT2D eigenvalue weighted by atomic mass is 10.1. The van der Waals surface area contributed by atoms with Crippen molar-refractivity contribution in [3.8, 4) is 0 Å². The second-order valence-electron chi connectivity index (χ2n) is 2.75. The maximum Gasteiger partial charge on any atom is 0.335 e. The number of nitrogen functional groups attached to an aromatic ring is 1. The van der Waals surface area contributed by atoms with Crippen LogP contribution < -0.4 is 11.1 Å². The van der Waals surface area contributed by atoms with Crippen molar-refractivity contribution in [2.24, 2.45) is 0 Å². The minimum absolute atomic E-state index is 0.220. The smallest absolute Gasteiger partial charge is 0.335 e. The van der Waals surface area contributed by atoms with E-state index >= 15 is 0 Å². The highest BCUT2D eigenvalue weighted by Gasteiger charge is 2.04. The Hall–Kier alpha value is -1.55. The fraction of sp³-hybridized carbons (Fsp3) is 0.222. The molecule has 4 heteroatoms. The van der Waals surface area contributed by atoms with Crippen molar-refractivity contribution in [1.29, 1.82) is 0 Å². The predicted molar refractivity (Wildman–Crippen MR) is 50.6 cm³/mol. The van der Waals surface area contributed by atoms with Crippen LogP contribution in [0.4, 0.5) is 5.69 Å². The molecule has 0 radical (unpaired) electrons. The monoisotopic (exact) mass is 180 g/mol. The Balaban J connectivity index is 2.98. The summed E-state index contributed by atoms with van der Waals surface area (Å²) in [5.74, 6) is -0.956. The van der Waals surface area contributed by atoms with E-state index in [0.717, 1.165) is 5.56 Å². The van der Waals surface area contributed by atoms with Gasteiger partial charge in [-0.25, -0.2) is 4.79 Å². The third kappa shape index (κ3) is 2.19. The number of nitrogens with one attached hydrogen (secondary N) is 1. The molecule has 13 heavy (non-hydrogen) atoms. The average molecular weight is 180 g/mol. The molecule has 0 aliphatic rings. The van der Waals surface area contributed by atoms with Crippen molar-refractivity contribution in [1.82, 2.24) is 5.32 Å². The van der Waals surface area contributed by atoms with Gasteiger partial charge in [0.25, 0.3) is 0 Å². The van der Waals surface area contributed by atoms with Gasteiger partial charge < -0.3 is 16.2 Å². The number of anilines is 1. The molecule has 70 valence electrons. The van der Waals surface area contributed by atoms with Crippen LogP contribution in [0.15, 0.2) is 18.2 Å². The molecule has 0 fully saturated rings. The van der Waals surface area contributed by atoms with Gasteiger partial charge in [0.15, 0.2) is 0 Å². The summed E-state index contributed by atoms with van der Waals surface area (Å²) in [4.78, 5) is 10.6. The van der Waals surface area contributed by atoms with E-state index in [0.29, 0.717) is 12.2 Å². The van der Waals surface area contributed by atoms with Gasteiger partial charge in [0.2, 0.25) is 0 Å². The van der Waals surface area contributed by atoms with E-state index in [4.69, 9.17) is 10.8 Å². The number of aromatic carboxylic acids is 1. The Bertz CT molecular complexity index is 323. The van der Waals surface area contributed by atoms with Crippen molar-refractivity contribution < 1.29 is 9.90 Å². The summed E-state index contributed by atoms with van der Waals surface area (Å²) in [6.07, 6.45) is 0. The molecule has 1 aromatic carbocycles. The fourth-order valence-corrected chi connectivity index (χ4v) is 1.08. The van der Waals surface area contributed by atoms with Crippen LogP contribution in [0.3, 0.4) is 0 Å². The van der Waals surface area contributed by atoms with Gasteiger partial charge in [-0.1, -0.05) is 6.07 Å². The number of carbonyl (C=O) groups is 1. The van der Waals surface area contributed by atoms with Crippen LogP contribution >= 0.6 is 0 Å². The normalized spacial score (nSPS) is 9.92. The Labute approximate surface area is 76.4 Å².